The second-order valence-electron chi connectivity index (χ2n) is 5.43. The van der Waals surface area contributed by atoms with E-state index in [1.807, 2.05) is 12.1 Å². The van der Waals surface area contributed by atoms with Gasteiger partial charge in [-0.1, -0.05) is 30.7 Å². The van der Waals surface area contributed by atoms with Crippen LogP contribution in [0.3, 0.4) is 0 Å². The highest BCUT2D eigenvalue weighted by Crippen LogP contribution is 2.20. The van der Waals surface area contributed by atoms with Gasteiger partial charge in [0, 0.05) is 30.7 Å². The number of rotatable bonds is 6. The summed E-state index contributed by atoms with van der Waals surface area (Å²) in [5.74, 6) is 0. The second-order valence-corrected chi connectivity index (χ2v) is 5.87. The van der Waals surface area contributed by atoms with Gasteiger partial charge >= 0.3 is 0 Å². The summed E-state index contributed by atoms with van der Waals surface area (Å²) < 4.78 is 5.59. The maximum Gasteiger partial charge on any atom is 0.0674 e. The molecule has 1 aromatic rings. The number of benzene rings is 1. The molecule has 2 unspecified atom stereocenters. The molecule has 1 N–H and O–H groups in total. The average Bonchev–Trinajstić information content (AvgIpc) is 2.44. The predicted molar refractivity (Wildman–Crippen MR) is 84.3 cm³/mol. The van der Waals surface area contributed by atoms with Gasteiger partial charge < -0.3 is 10.1 Å². The minimum Gasteiger partial charge on any atom is -0.376 e. The lowest BCUT2D eigenvalue weighted by molar-refractivity contribution is -0.0192. The molecule has 0 spiro atoms. The van der Waals surface area contributed by atoms with Crippen LogP contribution in [0.1, 0.15) is 31.9 Å². The molecule has 20 heavy (non-hydrogen) atoms. The van der Waals surface area contributed by atoms with Gasteiger partial charge in [0.2, 0.25) is 0 Å². The first kappa shape index (κ1) is 15.8. The van der Waals surface area contributed by atoms with E-state index in [1.54, 1.807) is 0 Å². The summed E-state index contributed by atoms with van der Waals surface area (Å²) >= 11 is 5.97. The number of morpholine rings is 1. The third kappa shape index (κ3) is 4.74. The van der Waals surface area contributed by atoms with Crippen molar-refractivity contribution in [3.05, 3.63) is 34.9 Å². The van der Waals surface area contributed by atoms with Gasteiger partial charge in [0.05, 0.1) is 12.7 Å². The number of halogens is 1. The number of nitrogens with one attached hydrogen (secondary N) is 1. The maximum absolute atomic E-state index is 5.97. The standard InChI is InChI=1S/C16H25ClN2O/c1-3-18-16(14-4-6-15(17)7-5-14)8-9-19-10-11-20-13(2)12-19/h4-7,13,16,18H,3,8-12H2,1-2H3. The molecule has 0 saturated carbocycles. The highest BCUT2D eigenvalue weighted by molar-refractivity contribution is 6.30. The van der Waals surface area contributed by atoms with Crippen molar-refractivity contribution in [1.82, 2.24) is 10.2 Å². The van der Waals surface area contributed by atoms with Gasteiger partial charge in [-0.25, -0.2) is 0 Å². The van der Waals surface area contributed by atoms with Gasteiger partial charge in [-0.3, -0.25) is 4.90 Å². The van der Waals surface area contributed by atoms with Gasteiger partial charge in [0.25, 0.3) is 0 Å². The van der Waals surface area contributed by atoms with Crippen LogP contribution < -0.4 is 5.32 Å². The molecule has 1 aliphatic heterocycles. The molecule has 1 saturated heterocycles. The second kappa shape index (κ2) is 7.99. The summed E-state index contributed by atoms with van der Waals surface area (Å²) in [5.41, 5.74) is 1.32. The van der Waals surface area contributed by atoms with Gasteiger partial charge in [0.1, 0.15) is 0 Å². The Hall–Kier alpha value is -0.610. The predicted octanol–water partition coefficient (Wildman–Crippen LogP) is 3.10. The van der Waals surface area contributed by atoms with Crippen LogP contribution in [-0.4, -0.2) is 43.8 Å². The zero-order valence-corrected chi connectivity index (χ0v) is 13.2. The zero-order valence-electron chi connectivity index (χ0n) is 12.4. The molecular weight excluding hydrogens is 272 g/mol. The Balaban J connectivity index is 1.90. The van der Waals surface area contributed by atoms with E-state index < -0.39 is 0 Å². The van der Waals surface area contributed by atoms with Crippen LogP contribution >= 0.6 is 11.6 Å². The molecule has 1 aromatic carbocycles. The highest BCUT2D eigenvalue weighted by atomic mass is 35.5. The first-order valence-electron chi connectivity index (χ1n) is 7.52. The molecule has 3 nitrogen and oxygen atoms in total. The SMILES string of the molecule is CCNC(CCN1CCOC(C)C1)c1ccc(Cl)cc1. The average molecular weight is 297 g/mol. The molecule has 2 rings (SSSR count). The summed E-state index contributed by atoms with van der Waals surface area (Å²) in [6.07, 6.45) is 1.47. The summed E-state index contributed by atoms with van der Waals surface area (Å²) in [7, 11) is 0. The molecular formula is C16H25ClN2O. The fourth-order valence-electron chi connectivity index (χ4n) is 2.73. The fourth-order valence-corrected chi connectivity index (χ4v) is 2.86. The van der Waals surface area contributed by atoms with Crippen molar-refractivity contribution < 1.29 is 4.74 Å². The Morgan fingerprint density at radius 1 is 1.40 bits per heavy atom. The largest absolute Gasteiger partial charge is 0.376 e. The van der Waals surface area contributed by atoms with Crippen LogP contribution in [0.4, 0.5) is 0 Å². The Bertz CT molecular complexity index is 396. The van der Waals surface area contributed by atoms with E-state index in [0.717, 1.165) is 44.2 Å². The van der Waals surface area contributed by atoms with Crippen LogP contribution in [0.2, 0.25) is 5.02 Å². The normalized spacial score (nSPS) is 21.9. The molecule has 1 aliphatic rings. The third-order valence-electron chi connectivity index (χ3n) is 3.78. The highest BCUT2D eigenvalue weighted by Gasteiger charge is 2.18. The van der Waals surface area contributed by atoms with Crippen molar-refractivity contribution in [2.75, 3.05) is 32.8 Å². The summed E-state index contributed by atoms with van der Waals surface area (Å²) in [4.78, 5) is 2.49. The van der Waals surface area contributed by atoms with Crippen molar-refractivity contribution in [1.29, 1.82) is 0 Å². The van der Waals surface area contributed by atoms with Gasteiger partial charge in [-0.2, -0.15) is 0 Å². The van der Waals surface area contributed by atoms with E-state index in [9.17, 15) is 0 Å². The van der Waals surface area contributed by atoms with Crippen LogP contribution in [0, 0.1) is 0 Å². The van der Waals surface area contributed by atoms with Crippen LogP contribution in [0.5, 0.6) is 0 Å². The molecule has 112 valence electrons. The van der Waals surface area contributed by atoms with Crippen LogP contribution in [-0.2, 0) is 4.74 Å². The number of hydrogen-bond donors (Lipinski definition) is 1. The summed E-state index contributed by atoms with van der Waals surface area (Å²) in [6, 6.07) is 8.58. The molecule has 0 aromatic heterocycles. The maximum atomic E-state index is 5.97. The molecule has 1 heterocycles. The summed E-state index contributed by atoms with van der Waals surface area (Å²) in [6.45, 7) is 9.32. The molecule has 1 fully saturated rings. The van der Waals surface area contributed by atoms with Crippen molar-refractivity contribution in [3.63, 3.8) is 0 Å². The van der Waals surface area contributed by atoms with Crippen molar-refractivity contribution in [2.24, 2.45) is 0 Å². The molecule has 2 atom stereocenters. The van der Waals surface area contributed by atoms with Crippen LogP contribution in [0.15, 0.2) is 24.3 Å². The van der Waals surface area contributed by atoms with Crippen LogP contribution in [0.25, 0.3) is 0 Å². The Kier molecular flexibility index (Phi) is 6.30. The van der Waals surface area contributed by atoms with Gasteiger partial charge in [-0.15, -0.1) is 0 Å². The van der Waals surface area contributed by atoms with E-state index >= 15 is 0 Å². The monoisotopic (exact) mass is 296 g/mol. The smallest absolute Gasteiger partial charge is 0.0674 e. The molecule has 0 aliphatic carbocycles. The van der Waals surface area contributed by atoms with Gasteiger partial charge in [-0.05, 0) is 37.6 Å². The fraction of sp³-hybridized carbons (Fsp3) is 0.625. The first-order chi connectivity index (χ1) is 9.69. The molecule has 4 heteroatoms. The lowest BCUT2D eigenvalue weighted by atomic mass is 10.0. The molecule has 0 bridgehead atoms. The number of hydrogen-bond acceptors (Lipinski definition) is 3. The van der Waals surface area contributed by atoms with Gasteiger partial charge in [0.15, 0.2) is 0 Å². The minimum absolute atomic E-state index is 0.358. The molecule has 0 radical (unpaired) electrons. The zero-order chi connectivity index (χ0) is 14.4. The van der Waals surface area contributed by atoms with E-state index in [2.05, 4.69) is 36.2 Å². The molecule has 0 amide bonds. The summed E-state index contributed by atoms with van der Waals surface area (Å²) in [5, 5.41) is 4.37. The third-order valence-corrected chi connectivity index (χ3v) is 4.03. The van der Waals surface area contributed by atoms with E-state index in [0.29, 0.717) is 12.1 Å². The van der Waals surface area contributed by atoms with E-state index in [-0.39, 0.29) is 0 Å². The van der Waals surface area contributed by atoms with Crippen molar-refractivity contribution in [3.8, 4) is 0 Å². The van der Waals surface area contributed by atoms with Crippen molar-refractivity contribution in [2.45, 2.75) is 32.4 Å². The lowest BCUT2D eigenvalue weighted by Gasteiger charge is -2.32. The topological polar surface area (TPSA) is 24.5 Å². The first-order valence-corrected chi connectivity index (χ1v) is 7.89. The quantitative estimate of drug-likeness (QED) is 0.873. The van der Waals surface area contributed by atoms with E-state index in [1.165, 1.54) is 5.56 Å². The minimum atomic E-state index is 0.358. The Morgan fingerprint density at radius 3 is 2.80 bits per heavy atom. The Morgan fingerprint density at radius 2 is 2.15 bits per heavy atom. The van der Waals surface area contributed by atoms with E-state index in [4.69, 9.17) is 16.3 Å². The lowest BCUT2D eigenvalue weighted by Crippen LogP contribution is -2.42. The number of ether oxygens (including phenoxy) is 1. The Labute approximate surface area is 127 Å². The van der Waals surface area contributed by atoms with Crippen molar-refractivity contribution >= 4 is 11.6 Å². The number of nitrogens with zero attached hydrogens (tertiary/aromatic N) is 1.